The van der Waals surface area contributed by atoms with E-state index in [0.717, 1.165) is 5.56 Å². The first-order valence-corrected chi connectivity index (χ1v) is 11.8. The Bertz CT molecular complexity index is 1030. The number of Topliss-reactive ketones (excluding diaryl/α,β-unsaturated/α-hetero) is 1. The van der Waals surface area contributed by atoms with Gasteiger partial charge in [-0.2, -0.15) is 0 Å². The lowest BCUT2D eigenvalue weighted by atomic mass is 9.91. The number of nitrogens with zero attached hydrogens (tertiary/aromatic N) is 1. The van der Waals surface area contributed by atoms with Gasteiger partial charge in [0.15, 0.2) is 23.9 Å². The fourth-order valence-corrected chi connectivity index (χ4v) is 4.00. The summed E-state index contributed by atoms with van der Waals surface area (Å²) >= 11 is 1.28. The zero-order valence-electron chi connectivity index (χ0n) is 19.4. The Balaban J connectivity index is 1.60. The summed E-state index contributed by atoms with van der Waals surface area (Å²) in [5.74, 6) is 0.781. The minimum atomic E-state index is -0.581. The van der Waals surface area contributed by atoms with E-state index in [-0.39, 0.29) is 30.8 Å². The van der Waals surface area contributed by atoms with E-state index in [9.17, 15) is 14.4 Å². The lowest BCUT2D eigenvalue weighted by Crippen LogP contribution is -2.31. The van der Waals surface area contributed by atoms with Crippen LogP contribution in [-0.2, 0) is 20.9 Å². The third kappa shape index (κ3) is 6.51. The second-order valence-corrected chi connectivity index (χ2v) is 9.65. The molecule has 0 saturated heterocycles. The van der Waals surface area contributed by atoms with Crippen molar-refractivity contribution in [3.05, 3.63) is 53.6 Å². The third-order valence-electron chi connectivity index (χ3n) is 5.17. The second kappa shape index (κ2) is 10.7. The molecule has 33 heavy (non-hydrogen) atoms. The van der Waals surface area contributed by atoms with Gasteiger partial charge in [-0.15, -0.1) is 11.8 Å². The van der Waals surface area contributed by atoms with Gasteiger partial charge in [-0.1, -0.05) is 39.0 Å². The molecule has 0 saturated carbocycles. The molecule has 0 aliphatic carbocycles. The van der Waals surface area contributed by atoms with Crippen LogP contribution in [0.5, 0.6) is 11.5 Å². The van der Waals surface area contributed by atoms with Crippen molar-refractivity contribution in [3.63, 3.8) is 0 Å². The number of hydrogen-bond donors (Lipinski definition) is 0. The molecule has 0 aromatic heterocycles. The lowest BCUT2D eigenvalue weighted by Gasteiger charge is -2.21. The number of carbonyl (C=O) groups excluding carboxylic acids is 3. The van der Waals surface area contributed by atoms with E-state index in [1.54, 1.807) is 49.9 Å². The third-order valence-corrected chi connectivity index (χ3v) is 6.23. The number of carbonyl (C=O) groups is 3. The number of hydrogen-bond acceptors (Lipinski definition) is 7. The van der Waals surface area contributed by atoms with Gasteiger partial charge < -0.3 is 19.1 Å². The molecule has 0 radical (unpaired) electrons. The van der Waals surface area contributed by atoms with Gasteiger partial charge in [0.1, 0.15) is 0 Å². The molecule has 1 amide bonds. The van der Waals surface area contributed by atoms with Crippen LogP contribution in [0.3, 0.4) is 0 Å². The summed E-state index contributed by atoms with van der Waals surface area (Å²) in [5.41, 5.74) is 0.713. The monoisotopic (exact) mass is 471 g/mol. The maximum Gasteiger partial charge on any atom is 0.339 e. The van der Waals surface area contributed by atoms with Crippen molar-refractivity contribution in [2.24, 2.45) is 5.41 Å². The molecule has 0 unspecified atom stereocenters. The van der Waals surface area contributed by atoms with Gasteiger partial charge >= 0.3 is 5.97 Å². The highest BCUT2D eigenvalue weighted by atomic mass is 32.2. The number of thioether (sulfide) groups is 1. The topological polar surface area (TPSA) is 82.1 Å². The Kier molecular flexibility index (Phi) is 8.02. The maximum absolute atomic E-state index is 12.9. The van der Waals surface area contributed by atoms with Crippen LogP contribution in [0.25, 0.3) is 0 Å². The van der Waals surface area contributed by atoms with Crippen molar-refractivity contribution in [3.8, 4) is 11.5 Å². The van der Waals surface area contributed by atoms with Crippen LogP contribution in [0.15, 0.2) is 47.4 Å². The molecule has 2 aromatic rings. The molecule has 0 spiro atoms. The van der Waals surface area contributed by atoms with Crippen LogP contribution in [0, 0.1) is 5.41 Å². The Morgan fingerprint density at radius 3 is 2.52 bits per heavy atom. The molecule has 7 nitrogen and oxygen atoms in total. The number of fused-ring (bicyclic) bond motifs is 1. The fraction of sp³-hybridized carbons (Fsp3) is 0.400. The standard InChI is InChI=1S/C25H29NO6S/c1-5-26(13-17-10-11-19-20(12-17)32-16-31-19)23(28)15-33-21-9-7-6-8-18(21)24(29)30-14-22(27)25(2,3)4/h6-12H,5,13-16H2,1-4H3. The molecular weight excluding hydrogens is 442 g/mol. The van der Waals surface area contributed by atoms with E-state index >= 15 is 0 Å². The lowest BCUT2D eigenvalue weighted by molar-refractivity contribution is -0.129. The summed E-state index contributed by atoms with van der Waals surface area (Å²) in [7, 11) is 0. The molecule has 3 rings (SSSR count). The molecular formula is C25H29NO6S. The van der Waals surface area contributed by atoms with Gasteiger partial charge in [-0.3, -0.25) is 9.59 Å². The van der Waals surface area contributed by atoms with E-state index < -0.39 is 11.4 Å². The van der Waals surface area contributed by atoms with Gasteiger partial charge in [0, 0.05) is 23.4 Å². The Morgan fingerprint density at radius 2 is 1.79 bits per heavy atom. The van der Waals surface area contributed by atoms with Crippen molar-refractivity contribution >= 4 is 29.4 Å². The minimum absolute atomic E-state index is 0.0498. The summed E-state index contributed by atoms with van der Waals surface area (Å²) in [5, 5.41) is 0. The number of benzene rings is 2. The largest absolute Gasteiger partial charge is 0.454 e. The Hall–Kier alpha value is -3.00. The maximum atomic E-state index is 12.9. The minimum Gasteiger partial charge on any atom is -0.454 e. The first-order valence-electron chi connectivity index (χ1n) is 10.8. The van der Waals surface area contributed by atoms with Crippen LogP contribution in [-0.4, -0.2) is 48.3 Å². The predicted molar refractivity (Wildman–Crippen MR) is 126 cm³/mol. The first-order chi connectivity index (χ1) is 15.7. The van der Waals surface area contributed by atoms with E-state index in [1.165, 1.54) is 11.8 Å². The van der Waals surface area contributed by atoms with Crippen LogP contribution >= 0.6 is 11.8 Å². The van der Waals surface area contributed by atoms with Crippen molar-refractivity contribution in [1.82, 2.24) is 4.90 Å². The molecule has 1 heterocycles. The van der Waals surface area contributed by atoms with Crippen molar-refractivity contribution in [2.45, 2.75) is 39.1 Å². The molecule has 1 aliphatic rings. The van der Waals surface area contributed by atoms with E-state index in [4.69, 9.17) is 14.2 Å². The molecule has 176 valence electrons. The molecule has 2 aromatic carbocycles. The summed E-state index contributed by atoms with van der Waals surface area (Å²) in [6.45, 7) is 8.19. The molecule has 0 bridgehead atoms. The highest BCUT2D eigenvalue weighted by Crippen LogP contribution is 2.33. The number of ether oxygens (including phenoxy) is 3. The number of ketones is 1. The smallest absolute Gasteiger partial charge is 0.339 e. The van der Waals surface area contributed by atoms with E-state index in [0.29, 0.717) is 35.0 Å². The Morgan fingerprint density at radius 1 is 1.06 bits per heavy atom. The SMILES string of the molecule is CCN(Cc1ccc2c(c1)OCO2)C(=O)CSc1ccccc1C(=O)OCC(=O)C(C)(C)C. The van der Waals surface area contributed by atoms with Crippen LogP contribution in [0.1, 0.15) is 43.6 Å². The van der Waals surface area contributed by atoms with Crippen molar-refractivity contribution < 1.29 is 28.6 Å². The van der Waals surface area contributed by atoms with Crippen LogP contribution < -0.4 is 9.47 Å². The highest BCUT2D eigenvalue weighted by Gasteiger charge is 2.24. The average molecular weight is 472 g/mol. The number of rotatable bonds is 9. The molecule has 8 heteroatoms. The quantitative estimate of drug-likeness (QED) is 0.398. The highest BCUT2D eigenvalue weighted by molar-refractivity contribution is 8.00. The zero-order valence-corrected chi connectivity index (χ0v) is 20.2. The van der Waals surface area contributed by atoms with Crippen LogP contribution in [0.4, 0.5) is 0 Å². The van der Waals surface area contributed by atoms with Gasteiger partial charge in [0.25, 0.3) is 0 Å². The van der Waals surface area contributed by atoms with Crippen molar-refractivity contribution in [1.29, 1.82) is 0 Å². The molecule has 1 aliphatic heterocycles. The van der Waals surface area contributed by atoms with Gasteiger partial charge in [0.2, 0.25) is 12.7 Å². The molecule has 0 atom stereocenters. The van der Waals surface area contributed by atoms with E-state index in [2.05, 4.69) is 0 Å². The summed E-state index contributed by atoms with van der Waals surface area (Å²) in [6, 6.07) is 12.6. The summed E-state index contributed by atoms with van der Waals surface area (Å²) < 4.78 is 16.0. The number of amides is 1. The average Bonchev–Trinajstić information content (AvgIpc) is 3.26. The van der Waals surface area contributed by atoms with Gasteiger partial charge in [-0.25, -0.2) is 4.79 Å². The second-order valence-electron chi connectivity index (χ2n) is 8.63. The van der Waals surface area contributed by atoms with Crippen LogP contribution in [0.2, 0.25) is 0 Å². The van der Waals surface area contributed by atoms with Gasteiger partial charge in [0.05, 0.1) is 11.3 Å². The number of esters is 1. The molecule has 0 fully saturated rings. The van der Waals surface area contributed by atoms with Crippen molar-refractivity contribution in [2.75, 3.05) is 25.7 Å². The van der Waals surface area contributed by atoms with Gasteiger partial charge in [-0.05, 0) is 36.8 Å². The zero-order chi connectivity index (χ0) is 24.0. The summed E-state index contributed by atoms with van der Waals surface area (Å²) in [4.78, 5) is 39.9. The molecule has 0 N–H and O–H groups in total. The Labute approximate surface area is 198 Å². The normalized spacial score (nSPS) is 12.4. The predicted octanol–water partition coefficient (Wildman–Crippen LogP) is 4.33. The summed E-state index contributed by atoms with van der Waals surface area (Å²) in [6.07, 6.45) is 0. The first kappa shape index (κ1) is 24.6. The van der Waals surface area contributed by atoms with E-state index in [1.807, 2.05) is 25.1 Å². The fourth-order valence-electron chi connectivity index (χ4n) is 3.05.